The fraction of sp³-hybridized carbons (Fsp3) is 0.714. The highest BCUT2D eigenvalue weighted by Crippen LogP contribution is 2.17. The van der Waals surface area contributed by atoms with Gasteiger partial charge in [-0.25, -0.2) is 9.59 Å². The van der Waals surface area contributed by atoms with Crippen LogP contribution in [0.2, 0.25) is 0 Å². The molecule has 1 unspecified atom stereocenters. The van der Waals surface area contributed by atoms with Crippen LogP contribution in [0, 0.1) is 0 Å². The highest BCUT2D eigenvalue weighted by molar-refractivity contribution is 5.80. The summed E-state index contributed by atoms with van der Waals surface area (Å²) in [7, 11) is 2.53. The van der Waals surface area contributed by atoms with Crippen molar-refractivity contribution in [2.45, 2.75) is 18.5 Å². The number of rotatable bonds is 2. The third-order valence-electron chi connectivity index (χ3n) is 1.74. The molecule has 0 N–H and O–H groups in total. The number of hydrogen-bond acceptors (Lipinski definition) is 6. The van der Waals surface area contributed by atoms with E-state index in [1.807, 2.05) is 0 Å². The maximum absolute atomic E-state index is 10.9. The van der Waals surface area contributed by atoms with Gasteiger partial charge in [0.2, 0.25) is 0 Å². The van der Waals surface area contributed by atoms with Crippen molar-refractivity contribution < 1.29 is 19.1 Å². The van der Waals surface area contributed by atoms with Crippen molar-refractivity contribution in [2.75, 3.05) is 14.2 Å². The average Bonchev–Trinajstić information content (AvgIpc) is 2.64. The highest BCUT2D eigenvalue weighted by atomic mass is 16.5. The molecule has 1 aliphatic heterocycles. The van der Waals surface area contributed by atoms with Crippen LogP contribution in [0.25, 0.3) is 0 Å². The van der Waals surface area contributed by atoms with Gasteiger partial charge in [-0.3, -0.25) is 0 Å². The zero-order chi connectivity index (χ0) is 9.84. The van der Waals surface area contributed by atoms with Gasteiger partial charge in [0.05, 0.1) is 14.2 Å². The minimum Gasteiger partial charge on any atom is -0.467 e. The molecule has 0 bridgehead atoms. The van der Waals surface area contributed by atoms with E-state index < -0.39 is 24.0 Å². The molecule has 1 aliphatic rings. The van der Waals surface area contributed by atoms with Crippen molar-refractivity contribution in [3.8, 4) is 0 Å². The summed E-state index contributed by atoms with van der Waals surface area (Å²) in [6.45, 7) is 0. The summed E-state index contributed by atoms with van der Waals surface area (Å²) in [5, 5.41) is 7.21. The lowest BCUT2D eigenvalue weighted by Gasteiger charge is -2.04. The molecule has 6 nitrogen and oxygen atoms in total. The molecule has 6 heteroatoms. The number of carbonyl (C=O) groups is 2. The standard InChI is InChI=1S/C7H10N2O4/c1-12-6(10)4-3-5(9-8-4)7(11)13-2/h4-5H,3H2,1-2H3/t4-,5?/m0/s1. The Kier molecular flexibility index (Phi) is 2.94. The number of azo groups is 1. The molecule has 0 saturated heterocycles. The molecule has 1 heterocycles. The van der Waals surface area contributed by atoms with E-state index in [9.17, 15) is 9.59 Å². The Hall–Kier alpha value is -1.46. The van der Waals surface area contributed by atoms with Gasteiger partial charge in [-0.15, -0.1) is 0 Å². The Balaban J connectivity index is 2.51. The Morgan fingerprint density at radius 3 is 1.77 bits per heavy atom. The predicted octanol–water partition coefficient (Wildman–Crippen LogP) is -0.0745. The Morgan fingerprint density at radius 2 is 1.46 bits per heavy atom. The summed E-state index contributed by atoms with van der Waals surface area (Å²) in [6.07, 6.45) is 0.235. The van der Waals surface area contributed by atoms with Crippen LogP contribution >= 0.6 is 0 Å². The lowest BCUT2D eigenvalue weighted by molar-refractivity contribution is -0.143. The molecule has 0 saturated carbocycles. The number of ether oxygens (including phenoxy) is 2. The molecule has 0 fully saturated rings. The van der Waals surface area contributed by atoms with Gasteiger partial charge in [0.15, 0.2) is 12.1 Å². The van der Waals surface area contributed by atoms with Crippen LogP contribution in [0.5, 0.6) is 0 Å². The molecule has 72 valence electrons. The lowest BCUT2D eigenvalue weighted by atomic mass is 10.1. The first-order valence-electron chi connectivity index (χ1n) is 3.74. The summed E-state index contributed by atoms with van der Waals surface area (Å²) in [5.74, 6) is -0.953. The second kappa shape index (κ2) is 3.97. The number of nitrogens with zero attached hydrogens (tertiary/aromatic N) is 2. The van der Waals surface area contributed by atoms with E-state index in [0.717, 1.165) is 0 Å². The van der Waals surface area contributed by atoms with E-state index in [1.165, 1.54) is 14.2 Å². The minimum atomic E-state index is -0.658. The molecule has 0 spiro atoms. The van der Waals surface area contributed by atoms with E-state index in [-0.39, 0.29) is 6.42 Å². The van der Waals surface area contributed by atoms with E-state index >= 15 is 0 Å². The zero-order valence-corrected chi connectivity index (χ0v) is 7.39. The van der Waals surface area contributed by atoms with E-state index in [0.29, 0.717) is 0 Å². The smallest absolute Gasteiger partial charge is 0.332 e. The average molecular weight is 186 g/mol. The molecule has 2 atom stereocenters. The van der Waals surface area contributed by atoms with Crippen molar-refractivity contribution in [1.82, 2.24) is 0 Å². The van der Waals surface area contributed by atoms with Gasteiger partial charge in [-0.2, -0.15) is 10.2 Å². The second-order valence-electron chi connectivity index (χ2n) is 2.54. The van der Waals surface area contributed by atoms with Crippen molar-refractivity contribution >= 4 is 11.9 Å². The SMILES string of the molecule is COC(=O)C1C[C@@H](C(=O)OC)N=N1. The van der Waals surface area contributed by atoms with E-state index in [1.54, 1.807) is 0 Å². The summed E-state index contributed by atoms with van der Waals surface area (Å²) < 4.78 is 8.90. The van der Waals surface area contributed by atoms with Crippen LogP contribution in [-0.2, 0) is 19.1 Å². The largest absolute Gasteiger partial charge is 0.467 e. The normalized spacial score (nSPS) is 25.7. The first-order chi connectivity index (χ1) is 6.19. The van der Waals surface area contributed by atoms with Crippen LogP contribution < -0.4 is 0 Å². The molecule has 13 heavy (non-hydrogen) atoms. The van der Waals surface area contributed by atoms with Crippen LogP contribution in [-0.4, -0.2) is 38.2 Å². The molecule has 0 radical (unpaired) electrons. The maximum atomic E-state index is 10.9. The highest BCUT2D eigenvalue weighted by Gasteiger charge is 2.33. The fourth-order valence-corrected chi connectivity index (χ4v) is 1.03. The first-order valence-corrected chi connectivity index (χ1v) is 3.74. The summed E-state index contributed by atoms with van der Waals surface area (Å²) in [5.41, 5.74) is 0. The van der Waals surface area contributed by atoms with E-state index in [2.05, 4.69) is 19.7 Å². The van der Waals surface area contributed by atoms with Crippen LogP contribution in [0.15, 0.2) is 10.2 Å². The second-order valence-corrected chi connectivity index (χ2v) is 2.54. The summed E-state index contributed by atoms with van der Waals surface area (Å²) >= 11 is 0. The Labute approximate surface area is 74.9 Å². The molecule has 0 amide bonds. The summed E-state index contributed by atoms with van der Waals surface area (Å²) in [6, 6.07) is -1.32. The van der Waals surface area contributed by atoms with Crippen LogP contribution in [0.4, 0.5) is 0 Å². The van der Waals surface area contributed by atoms with Crippen molar-refractivity contribution in [3.63, 3.8) is 0 Å². The zero-order valence-electron chi connectivity index (χ0n) is 7.39. The fourth-order valence-electron chi connectivity index (χ4n) is 1.03. The molecule has 0 aromatic rings. The number of hydrogen-bond donors (Lipinski definition) is 0. The van der Waals surface area contributed by atoms with Gasteiger partial charge in [0.1, 0.15) is 0 Å². The number of methoxy groups -OCH3 is 2. The Bertz CT molecular complexity index is 227. The van der Waals surface area contributed by atoms with Gasteiger partial charge in [0.25, 0.3) is 0 Å². The molecule has 0 aromatic carbocycles. The van der Waals surface area contributed by atoms with Crippen LogP contribution in [0.1, 0.15) is 6.42 Å². The van der Waals surface area contributed by atoms with Gasteiger partial charge in [-0.1, -0.05) is 0 Å². The van der Waals surface area contributed by atoms with Crippen molar-refractivity contribution in [1.29, 1.82) is 0 Å². The van der Waals surface area contributed by atoms with Gasteiger partial charge >= 0.3 is 11.9 Å². The van der Waals surface area contributed by atoms with Crippen LogP contribution in [0.3, 0.4) is 0 Å². The first kappa shape index (κ1) is 9.63. The minimum absolute atomic E-state index is 0.235. The van der Waals surface area contributed by atoms with Gasteiger partial charge in [0, 0.05) is 6.42 Å². The van der Waals surface area contributed by atoms with Gasteiger partial charge in [-0.05, 0) is 0 Å². The van der Waals surface area contributed by atoms with Crippen molar-refractivity contribution in [3.05, 3.63) is 0 Å². The number of carbonyl (C=O) groups excluding carboxylic acids is 2. The number of esters is 2. The topological polar surface area (TPSA) is 77.3 Å². The third-order valence-corrected chi connectivity index (χ3v) is 1.74. The third kappa shape index (κ3) is 2.01. The molecular weight excluding hydrogens is 176 g/mol. The van der Waals surface area contributed by atoms with E-state index in [4.69, 9.17) is 0 Å². The molecule has 0 aromatic heterocycles. The predicted molar refractivity (Wildman–Crippen MR) is 41.1 cm³/mol. The quantitative estimate of drug-likeness (QED) is 0.565. The summed E-state index contributed by atoms with van der Waals surface area (Å²) in [4.78, 5) is 21.9. The van der Waals surface area contributed by atoms with Gasteiger partial charge < -0.3 is 9.47 Å². The maximum Gasteiger partial charge on any atom is 0.332 e. The Morgan fingerprint density at radius 1 is 1.08 bits per heavy atom. The lowest BCUT2D eigenvalue weighted by Crippen LogP contribution is -2.24. The van der Waals surface area contributed by atoms with Crippen molar-refractivity contribution in [2.24, 2.45) is 10.2 Å². The molecular formula is C7H10N2O4. The molecule has 0 aliphatic carbocycles. The molecule has 1 rings (SSSR count). The monoisotopic (exact) mass is 186 g/mol.